The van der Waals surface area contributed by atoms with Crippen molar-refractivity contribution in [3.63, 3.8) is 0 Å². The fourth-order valence-corrected chi connectivity index (χ4v) is 4.70. The average Bonchev–Trinajstić information content (AvgIpc) is 3.21. The highest BCUT2D eigenvalue weighted by Crippen LogP contribution is 2.28. The van der Waals surface area contributed by atoms with Crippen molar-refractivity contribution in [1.82, 2.24) is 4.90 Å². The molecule has 2 N–H and O–H groups in total. The molecule has 3 atom stereocenters. The Kier molecular flexibility index (Phi) is 9.42. The molecule has 1 fully saturated rings. The van der Waals surface area contributed by atoms with Crippen molar-refractivity contribution in [2.75, 3.05) is 19.7 Å². The van der Waals surface area contributed by atoms with Gasteiger partial charge in [-0.05, 0) is 86.5 Å². The van der Waals surface area contributed by atoms with E-state index in [0.29, 0.717) is 23.2 Å². The largest absolute Gasteiger partial charge is 0.481 e. The molecule has 0 bridgehead atoms. The Hall–Kier alpha value is -2.06. The van der Waals surface area contributed by atoms with Crippen LogP contribution < -0.4 is 0 Å². The number of carboxylic acid groups (broad SMARTS) is 1. The number of nitrogens with zero attached hydrogens (tertiary/aromatic N) is 1. The number of hydrogen-bond acceptors (Lipinski definition) is 4. The third kappa shape index (κ3) is 7.22. The number of rotatable bonds is 11. The number of aliphatic carboxylic acids is 1. The van der Waals surface area contributed by atoms with Crippen molar-refractivity contribution < 1.29 is 28.5 Å². The highest BCUT2D eigenvalue weighted by atomic mass is 35.5. The number of ether oxygens (including phenoxy) is 1. The third-order valence-electron chi connectivity index (χ3n) is 6.42. The van der Waals surface area contributed by atoms with E-state index in [2.05, 4.69) is 4.90 Å². The van der Waals surface area contributed by atoms with Crippen LogP contribution in [0.15, 0.2) is 30.3 Å². The Bertz CT molecular complexity index is 1000. The summed E-state index contributed by atoms with van der Waals surface area (Å²) >= 11 is 5.89. The quantitative estimate of drug-likeness (QED) is 0.454. The van der Waals surface area contributed by atoms with Gasteiger partial charge < -0.3 is 14.9 Å². The fraction of sp³-hybridized carbons (Fsp3) is 0.500. The Balaban J connectivity index is 1.56. The number of aliphatic hydroxyl groups excluding tert-OH is 1. The van der Waals surface area contributed by atoms with E-state index in [1.165, 1.54) is 12.1 Å². The van der Waals surface area contributed by atoms with Gasteiger partial charge in [-0.15, -0.1) is 0 Å². The van der Waals surface area contributed by atoms with Crippen LogP contribution in [-0.4, -0.2) is 52.9 Å². The molecular weight excluding hydrogens is 464 g/mol. The number of hydrogen-bond donors (Lipinski definition) is 2. The SMILES string of the molecule is Cc1ccc(C[C@@H]2CCCN2C[C@@H](O)CO[C@H](C)c2cc(F)c(Cl)cc2CCC(=O)O)cc1F. The maximum absolute atomic E-state index is 14.1. The van der Waals surface area contributed by atoms with Crippen molar-refractivity contribution >= 4 is 17.6 Å². The number of benzene rings is 2. The molecule has 1 aliphatic heterocycles. The second-order valence-electron chi connectivity index (χ2n) is 9.07. The van der Waals surface area contributed by atoms with Crippen LogP contribution in [0.3, 0.4) is 0 Å². The van der Waals surface area contributed by atoms with Crippen LogP contribution in [0.2, 0.25) is 5.02 Å². The predicted octanol–water partition coefficient (Wildman–Crippen LogP) is 5.09. The van der Waals surface area contributed by atoms with Crippen LogP contribution in [0.25, 0.3) is 0 Å². The number of aryl methyl sites for hydroxylation is 2. The van der Waals surface area contributed by atoms with Crippen LogP contribution in [0.1, 0.15) is 54.5 Å². The minimum absolute atomic E-state index is 0.0478. The number of aliphatic hydroxyl groups is 1. The van der Waals surface area contributed by atoms with E-state index in [9.17, 15) is 18.7 Å². The fourth-order valence-electron chi connectivity index (χ4n) is 4.51. The average molecular weight is 496 g/mol. The van der Waals surface area contributed by atoms with Crippen molar-refractivity contribution in [3.05, 3.63) is 69.2 Å². The van der Waals surface area contributed by atoms with Gasteiger partial charge in [-0.25, -0.2) is 8.78 Å². The summed E-state index contributed by atoms with van der Waals surface area (Å²) in [4.78, 5) is 13.2. The van der Waals surface area contributed by atoms with Gasteiger partial charge in [0.2, 0.25) is 0 Å². The van der Waals surface area contributed by atoms with E-state index in [0.717, 1.165) is 31.4 Å². The number of β-amino-alcohol motifs (C(OH)–C–C–N with tert-alkyl or cyclic N) is 1. The second-order valence-corrected chi connectivity index (χ2v) is 9.47. The molecule has 2 aromatic rings. The summed E-state index contributed by atoms with van der Waals surface area (Å²) in [5.41, 5.74) is 2.70. The van der Waals surface area contributed by atoms with Gasteiger partial charge in [0.25, 0.3) is 0 Å². The highest BCUT2D eigenvalue weighted by molar-refractivity contribution is 6.30. The molecule has 0 saturated carbocycles. The smallest absolute Gasteiger partial charge is 0.303 e. The molecule has 0 unspecified atom stereocenters. The zero-order valence-corrected chi connectivity index (χ0v) is 20.3. The molecular formula is C26H32ClF2NO4. The topological polar surface area (TPSA) is 70.0 Å². The molecule has 3 rings (SSSR count). The van der Waals surface area contributed by atoms with Gasteiger partial charge >= 0.3 is 5.97 Å². The molecule has 0 aromatic heterocycles. The van der Waals surface area contributed by atoms with Gasteiger partial charge in [0.05, 0.1) is 23.8 Å². The van der Waals surface area contributed by atoms with E-state index in [1.54, 1.807) is 26.0 Å². The second kappa shape index (κ2) is 12.1. The Morgan fingerprint density at radius 2 is 2.03 bits per heavy atom. The van der Waals surface area contributed by atoms with E-state index in [4.69, 9.17) is 21.4 Å². The molecule has 1 aliphatic rings. The number of carbonyl (C=O) groups is 1. The van der Waals surface area contributed by atoms with Crippen LogP contribution in [0, 0.1) is 18.6 Å². The number of carboxylic acids is 1. The maximum Gasteiger partial charge on any atom is 0.303 e. The first-order valence-electron chi connectivity index (χ1n) is 11.6. The Morgan fingerprint density at radius 1 is 1.26 bits per heavy atom. The molecule has 0 aliphatic carbocycles. The number of likely N-dealkylation sites (tertiary alicyclic amines) is 1. The molecule has 2 aromatic carbocycles. The van der Waals surface area contributed by atoms with Crippen molar-refractivity contribution in [2.24, 2.45) is 0 Å². The third-order valence-corrected chi connectivity index (χ3v) is 6.71. The predicted molar refractivity (Wildman–Crippen MR) is 127 cm³/mol. The molecule has 0 radical (unpaired) electrons. The minimum atomic E-state index is -0.955. The molecule has 5 nitrogen and oxygen atoms in total. The van der Waals surface area contributed by atoms with E-state index in [-0.39, 0.29) is 36.3 Å². The first kappa shape index (κ1) is 26.5. The van der Waals surface area contributed by atoms with E-state index < -0.39 is 24.0 Å². The standard InChI is InChI=1S/C26H32ClF2NO4/c1-16-5-6-18(11-24(16)28)10-20-4-3-9-30(20)14-21(31)15-34-17(2)22-13-25(29)23(27)12-19(22)7-8-26(32)33/h5-6,11-13,17,20-21,31H,3-4,7-10,14-15H2,1-2H3,(H,32,33)/t17-,20+,21-/m1/s1. The van der Waals surface area contributed by atoms with E-state index >= 15 is 0 Å². The minimum Gasteiger partial charge on any atom is -0.481 e. The Labute approximate surface area is 204 Å². The molecule has 186 valence electrons. The summed E-state index contributed by atoms with van der Waals surface area (Å²) in [5.74, 6) is -1.76. The van der Waals surface area contributed by atoms with Crippen LogP contribution >= 0.6 is 11.6 Å². The lowest BCUT2D eigenvalue weighted by Gasteiger charge is -2.28. The highest BCUT2D eigenvalue weighted by Gasteiger charge is 2.27. The Morgan fingerprint density at radius 3 is 2.74 bits per heavy atom. The molecule has 0 spiro atoms. The normalized spacial score (nSPS) is 18.2. The monoisotopic (exact) mass is 495 g/mol. The first-order chi connectivity index (χ1) is 16.1. The van der Waals surface area contributed by atoms with Crippen LogP contribution in [0.5, 0.6) is 0 Å². The molecule has 8 heteroatoms. The van der Waals surface area contributed by atoms with Gasteiger partial charge in [-0.1, -0.05) is 23.7 Å². The van der Waals surface area contributed by atoms with Crippen molar-refractivity contribution in [2.45, 2.75) is 64.2 Å². The lowest BCUT2D eigenvalue weighted by molar-refractivity contribution is -0.136. The summed E-state index contributed by atoms with van der Waals surface area (Å²) in [6.45, 7) is 4.81. The van der Waals surface area contributed by atoms with Gasteiger partial charge in [0, 0.05) is 19.0 Å². The van der Waals surface area contributed by atoms with Crippen molar-refractivity contribution in [3.8, 4) is 0 Å². The zero-order chi connectivity index (χ0) is 24.8. The first-order valence-corrected chi connectivity index (χ1v) is 12.0. The van der Waals surface area contributed by atoms with Crippen LogP contribution in [0.4, 0.5) is 8.78 Å². The van der Waals surface area contributed by atoms with Crippen LogP contribution in [-0.2, 0) is 22.4 Å². The summed E-state index contributed by atoms with van der Waals surface area (Å²) in [5, 5.41) is 19.5. The molecule has 0 amide bonds. The lowest BCUT2D eigenvalue weighted by Crippen LogP contribution is -2.39. The zero-order valence-electron chi connectivity index (χ0n) is 19.6. The molecule has 1 heterocycles. The molecule has 34 heavy (non-hydrogen) atoms. The van der Waals surface area contributed by atoms with Gasteiger partial charge in [-0.2, -0.15) is 0 Å². The van der Waals surface area contributed by atoms with E-state index in [1.807, 2.05) is 6.07 Å². The summed E-state index contributed by atoms with van der Waals surface area (Å²) in [6.07, 6.45) is 1.52. The lowest BCUT2D eigenvalue weighted by atomic mass is 9.99. The van der Waals surface area contributed by atoms with Gasteiger partial charge in [-0.3, -0.25) is 9.69 Å². The summed E-state index contributed by atoms with van der Waals surface area (Å²) in [7, 11) is 0. The molecule has 1 saturated heterocycles. The maximum atomic E-state index is 14.1. The summed E-state index contributed by atoms with van der Waals surface area (Å²) in [6, 6.07) is 8.26. The summed E-state index contributed by atoms with van der Waals surface area (Å²) < 4.78 is 33.8. The number of halogens is 3. The van der Waals surface area contributed by atoms with Crippen molar-refractivity contribution in [1.29, 1.82) is 0 Å². The van der Waals surface area contributed by atoms with Gasteiger partial charge in [0.15, 0.2) is 0 Å². The van der Waals surface area contributed by atoms with Gasteiger partial charge in [0.1, 0.15) is 11.6 Å².